The van der Waals surface area contributed by atoms with Gasteiger partial charge in [0.05, 0.1) is 0 Å². The van der Waals surface area contributed by atoms with Gasteiger partial charge in [-0.2, -0.15) is 6.07 Å². The zero-order valence-corrected chi connectivity index (χ0v) is 27.5. The van der Waals surface area contributed by atoms with Gasteiger partial charge >= 0.3 is 6.01 Å². The summed E-state index contributed by atoms with van der Waals surface area (Å²) >= 11 is 0. The van der Waals surface area contributed by atoms with Gasteiger partial charge in [0.2, 0.25) is 0 Å². The Kier molecular flexibility index (Phi) is 9.48. The predicted octanol–water partition coefficient (Wildman–Crippen LogP) is 9.50. The van der Waals surface area contributed by atoms with Crippen molar-refractivity contribution in [3.8, 4) is 11.3 Å². The second kappa shape index (κ2) is 13.4. The summed E-state index contributed by atoms with van der Waals surface area (Å²) < 4.78 is 6.83. The summed E-state index contributed by atoms with van der Waals surface area (Å²) in [6.07, 6.45) is 4.20. The Morgan fingerprint density at radius 3 is 2.35 bits per heavy atom. The molecule has 0 saturated heterocycles. The molecule has 2 aromatic heterocycles. The van der Waals surface area contributed by atoms with Gasteiger partial charge in [0.1, 0.15) is 5.69 Å². The molecule has 6 aromatic rings. The first-order chi connectivity index (χ1) is 20.5. The van der Waals surface area contributed by atoms with Crippen molar-refractivity contribution in [3.63, 3.8) is 0 Å². The van der Waals surface area contributed by atoms with Crippen LogP contribution >= 0.6 is 0 Å². The normalized spacial score (nSPS) is 11.9. The number of unbranched alkanes of at least 4 members (excludes halogenated alkanes) is 1. The van der Waals surface area contributed by atoms with Gasteiger partial charge in [0.15, 0.2) is 6.54 Å². The Balaban J connectivity index is 0.000000221. The third-order valence-corrected chi connectivity index (χ3v) is 7.65. The summed E-state index contributed by atoms with van der Waals surface area (Å²) in [5, 5.41) is 2.55. The zero-order chi connectivity index (χ0) is 29.1. The van der Waals surface area contributed by atoms with Crippen molar-refractivity contribution >= 4 is 44.9 Å². The second-order valence-corrected chi connectivity index (χ2v) is 11.0. The van der Waals surface area contributed by atoms with Crippen LogP contribution < -0.4 is 4.58 Å². The number of nitrogens with zero attached hydrogens (tertiary/aromatic N) is 4. The van der Waals surface area contributed by atoms with Crippen LogP contribution in [0.4, 0.5) is 17.1 Å². The number of hydrogen-bond acceptors (Lipinski definition) is 1. The van der Waals surface area contributed by atoms with Crippen molar-refractivity contribution in [2.75, 3.05) is 6.54 Å². The summed E-state index contributed by atoms with van der Waals surface area (Å²) in [5.74, 6) is 0. The quantitative estimate of drug-likeness (QED) is 0.123. The molecule has 0 fully saturated rings. The van der Waals surface area contributed by atoms with Crippen LogP contribution in [0.1, 0.15) is 45.2 Å². The van der Waals surface area contributed by atoms with Gasteiger partial charge in [0.25, 0.3) is 11.4 Å². The standard InChI is InChI=1S/C26H26N3.C12H10N.Ir/c1-4-5-16-27-18-28(25-13-9-8-12-24(25)27)20-14-15-22-21-10-6-7-11-23(21)29(19(2)3)26(22)17-20;1-10-7-8-12(13-9-10)11-5-3-2-4-6-11;/h6-13,15,17,19H,4-5,16H2,1-3H3;2-5,7-9H,1H3;/q+1;-1;. The Bertz CT molecular complexity index is 1930. The number of para-hydroxylation sites is 3. The summed E-state index contributed by atoms with van der Waals surface area (Å²) in [6.45, 7) is 9.74. The van der Waals surface area contributed by atoms with E-state index in [1.165, 1.54) is 45.2 Å². The first-order valence-corrected chi connectivity index (χ1v) is 14.8. The molecule has 0 atom stereocenters. The average molecular weight is 741 g/mol. The third kappa shape index (κ3) is 6.17. The van der Waals surface area contributed by atoms with Crippen molar-refractivity contribution in [2.24, 2.45) is 0 Å². The SMILES string of the molecule is CCCC[N+]1=C=[N+](c2[c-]cc3c4ccccc4n(C(C)C)c3c2)c2ccccc21.Cc1ccc(-c2[c-]cccc2)nc1.[Ir]. The molecule has 4 nitrogen and oxygen atoms in total. The molecule has 1 radical (unpaired) electrons. The Morgan fingerprint density at radius 2 is 1.63 bits per heavy atom. The van der Waals surface area contributed by atoms with Gasteiger partial charge in [-0.3, -0.25) is 0 Å². The van der Waals surface area contributed by atoms with Gasteiger partial charge in [-0.05, 0) is 43.5 Å². The molecule has 7 rings (SSSR count). The number of fused-ring (bicyclic) bond motifs is 4. The molecule has 0 spiro atoms. The van der Waals surface area contributed by atoms with E-state index in [0.29, 0.717) is 6.04 Å². The first-order valence-electron chi connectivity index (χ1n) is 14.8. The maximum Gasteiger partial charge on any atom is 0.494 e. The largest absolute Gasteiger partial charge is 0.494 e. The molecular weight excluding hydrogens is 705 g/mol. The fraction of sp³-hybridized carbons (Fsp3) is 0.211. The molecule has 0 amide bonds. The fourth-order valence-corrected chi connectivity index (χ4v) is 5.57. The number of hydrogen-bond donors (Lipinski definition) is 0. The minimum atomic E-state index is 0. The Labute approximate surface area is 268 Å². The van der Waals surface area contributed by atoms with Gasteiger partial charge in [-0.15, -0.1) is 47.3 Å². The topological polar surface area (TPSA) is 23.8 Å². The molecule has 0 N–H and O–H groups in total. The molecule has 5 heteroatoms. The maximum absolute atomic E-state index is 4.32. The molecule has 1 aliphatic rings. The first kappa shape index (κ1) is 30.3. The van der Waals surface area contributed by atoms with Crippen molar-refractivity contribution in [1.29, 1.82) is 0 Å². The molecule has 3 heterocycles. The number of benzene rings is 4. The molecule has 217 valence electrons. The van der Waals surface area contributed by atoms with Crippen molar-refractivity contribution in [2.45, 2.75) is 46.6 Å². The summed E-state index contributed by atoms with van der Waals surface area (Å²) in [5.41, 5.74) is 9.16. The van der Waals surface area contributed by atoms with Crippen molar-refractivity contribution in [3.05, 3.63) is 121 Å². The second-order valence-electron chi connectivity index (χ2n) is 11.0. The molecule has 0 unspecified atom stereocenters. The van der Waals surface area contributed by atoms with Crippen LogP contribution in [0.25, 0.3) is 33.1 Å². The number of pyridine rings is 1. The van der Waals surface area contributed by atoms with Crippen molar-refractivity contribution < 1.29 is 24.7 Å². The Morgan fingerprint density at radius 1 is 0.860 bits per heavy atom. The van der Waals surface area contributed by atoms with E-state index in [1.54, 1.807) is 0 Å². The van der Waals surface area contributed by atoms with Crippen LogP contribution in [0.15, 0.2) is 103 Å². The van der Waals surface area contributed by atoms with Crippen molar-refractivity contribution in [1.82, 2.24) is 14.1 Å². The van der Waals surface area contributed by atoms with Gasteiger partial charge < -0.3 is 9.55 Å². The zero-order valence-electron chi connectivity index (χ0n) is 25.1. The molecule has 0 aliphatic carbocycles. The molecular formula is C38H36IrN4. The molecule has 0 bridgehead atoms. The van der Waals surface area contributed by atoms with E-state index < -0.39 is 0 Å². The third-order valence-electron chi connectivity index (χ3n) is 7.65. The summed E-state index contributed by atoms with van der Waals surface area (Å²) in [7, 11) is 0. The minimum absolute atomic E-state index is 0. The van der Waals surface area contributed by atoms with Crippen LogP contribution in [-0.4, -0.2) is 26.7 Å². The van der Waals surface area contributed by atoms with Gasteiger partial charge in [0, 0.05) is 56.4 Å². The smallest absolute Gasteiger partial charge is 0.362 e. The molecule has 1 aliphatic heterocycles. The molecule has 43 heavy (non-hydrogen) atoms. The number of aryl methyl sites for hydroxylation is 1. The van der Waals surface area contributed by atoms with E-state index in [9.17, 15) is 0 Å². The van der Waals surface area contributed by atoms with E-state index >= 15 is 0 Å². The van der Waals surface area contributed by atoms with E-state index in [1.807, 2.05) is 43.5 Å². The van der Waals surface area contributed by atoms with E-state index in [0.717, 1.165) is 29.9 Å². The van der Waals surface area contributed by atoms with Crippen LogP contribution in [-0.2, 0) is 20.1 Å². The van der Waals surface area contributed by atoms with E-state index in [2.05, 4.69) is 124 Å². The number of rotatable bonds is 6. The summed E-state index contributed by atoms with van der Waals surface area (Å²) in [4.78, 5) is 4.32. The number of aromatic nitrogens is 2. The van der Waals surface area contributed by atoms with Crippen LogP contribution in [0, 0.1) is 19.1 Å². The minimum Gasteiger partial charge on any atom is -0.362 e. The van der Waals surface area contributed by atoms with E-state index in [4.69, 9.17) is 0 Å². The van der Waals surface area contributed by atoms with Crippen LogP contribution in [0.5, 0.6) is 0 Å². The fourth-order valence-electron chi connectivity index (χ4n) is 5.57. The van der Waals surface area contributed by atoms with E-state index in [-0.39, 0.29) is 20.1 Å². The molecule has 0 saturated carbocycles. The van der Waals surface area contributed by atoms with Crippen LogP contribution in [0.2, 0.25) is 0 Å². The average Bonchev–Trinajstić information content (AvgIpc) is 3.57. The van der Waals surface area contributed by atoms with Gasteiger partial charge in [-0.25, -0.2) is 0 Å². The monoisotopic (exact) mass is 741 g/mol. The molecule has 4 aromatic carbocycles. The van der Waals surface area contributed by atoms with Crippen LogP contribution in [0.3, 0.4) is 0 Å². The Hall–Kier alpha value is -4.14. The maximum atomic E-state index is 4.32. The van der Waals surface area contributed by atoms with Gasteiger partial charge in [-0.1, -0.05) is 76.5 Å². The predicted molar refractivity (Wildman–Crippen MR) is 175 cm³/mol. The summed E-state index contributed by atoms with van der Waals surface area (Å²) in [6, 6.07) is 44.2.